The smallest absolute Gasteiger partial charge is 0.222 e. The van der Waals surface area contributed by atoms with Gasteiger partial charge in [0.25, 0.3) is 0 Å². The molecule has 0 aliphatic heterocycles. The molecular weight excluding hydrogens is 286 g/mol. The number of halogens is 1. The van der Waals surface area contributed by atoms with E-state index >= 15 is 0 Å². The number of hydrogen-bond donors (Lipinski definition) is 0. The summed E-state index contributed by atoms with van der Waals surface area (Å²) in [6.07, 6.45) is 7.43. The topological polar surface area (TPSA) is 29.5 Å². The van der Waals surface area contributed by atoms with E-state index in [4.69, 9.17) is 16.3 Å². The van der Waals surface area contributed by atoms with Crippen LogP contribution in [0.5, 0.6) is 5.75 Å². The van der Waals surface area contributed by atoms with Gasteiger partial charge >= 0.3 is 0 Å². The van der Waals surface area contributed by atoms with Crippen LogP contribution in [0.15, 0.2) is 24.3 Å². The van der Waals surface area contributed by atoms with Crippen molar-refractivity contribution in [2.75, 3.05) is 13.7 Å². The van der Waals surface area contributed by atoms with Crippen LogP contribution in [-0.4, -0.2) is 30.5 Å². The number of amides is 1. The summed E-state index contributed by atoms with van der Waals surface area (Å²) in [6.45, 7) is 0.561. The van der Waals surface area contributed by atoms with Crippen molar-refractivity contribution < 1.29 is 9.53 Å². The van der Waals surface area contributed by atoms with Gasteiger partial charge in [0, 0.05) is 24.5 Å². The quantitative estimate of drug-likeness (QED) is 0.734. The standard InChI is InChI=1S/C17H24ClNO2/c1-19(15-6-3-2-4-7-15)17(20)8-5-13-21-16-11-9-14(18)10-12-16/h9-12,15H,2-8,13H2,1H3. The second-order valence-corrected chi connectivity index (χ2v) is 6.14. The number of ether oxygens (including phenoxy) is 1. The number of hydrogen-bond acceptors (Lipinski definition) is 2. The molecule has 1 fully saturated rings. The van der Waals surface area contributed by atoms with E-state index in [1.165, 1.54) is 19.3 Å². The van der Waals surface area contributed by atoms with E-state index in [0.29, 0.717) is 24.1 Å². The third-order valence-corrected chi connectivity index (χ3v) is 4.39. The molecule has 21 heavy (non-hydrogen) atoms. The Balaban J connectivity index is 1.65. The molecule has 0 unspecified atom stereocenters. The van der Waals surface area contributed by atoms with Crippen LogP contribution >= 0.6 is 11.6 Å². The fraction of sp³-hybridized carbons (Fsp3) is 0.588. The zero-order valence-electron chi connectivity index (χ0n) is 12.7. The highest BCUT2D eigenvalue weighted by Crippen LogP contribution is 2.22. The maximum atomic E-state index is 12.2. The zero-order valence-corrected chi connectivity index (χ0v) is 13.4. The average molecular weight is 310 g/mol. The van der Waals surface area contributed by atoms with E-state index in [9.17, 15) is 4.79 Å². The van der Waals surface area contributed by atoms with Gasteiger partial charge in [-0.1, -0.05) is 30.9 Å². The van der Waals surface area contributed by atoms with Crippen LogP contribution in [0.3, 0.4) is 0 Å². The summed E-state index contributed by atoms with van der Waals surface area (Å²) in [7, 11) is 1.94. The maximum absolute atomic E-state index is 12.2. The SMILES string of the molecule is CN(C(=O)CCCOc1ccc(Cl)cc1)C1CCCCC1. The third kappa shape index (κ3) is 5.24. The van der Waals surface area contributed by atoms with Crippen molar-refractivity contribution in [1.29, 1.82) is 0 Å². The molecule has 0 bridgehead atoms. The number of carbonyl (C=O) groups is 1. The minimum absolute atomic E-state index is 0.238. The van der Waals surface area contributed by atoms with Crippen LogP contribution in [0, 0.1) is 0 Å². The average Bonchev–Trinajstić information content (AvgIpc) is 2.53. The first kappa shape index (κ1) is 16.2. The highest BCUT2D eigenvalue weighted by atomic mass is 35.5. The first-order chi connectivity index (χ1) is 10.2. The number of benzene rings is 1. The Bertz CT molecular complexity index is 441. The van der Waals surface area contributed by atoms with E-state index < -0.39 is 0 Å². The Kier molecular flexibility index (Phi) is 6.37. The zero-order chi connectivity index (χ0) is 15.1. The lowest BCUT2D eigenvalue weighted by Gasteiger charge is -2.31. The number of nitrogens with zero attached hydrogens (tertiary/aromatic N) is 1. The summed E-state index contributed by atoms with van der Waals surface area (Å²) in [4.78, 5) is 14.1. The first-order valence-electron chi connectivity index (χ1n) is 7.81. The van der Waals surface area contributed by atoms with Crippen molar-refractivity contribution in [2.24, 2.45) is 0 Å². The van der Waals surface area contributed by atoms with Gasteiger partial charge in [-0.15, -0.1) is 0 Å². The fourth-order valence-corrected chi connectivity index (χ4v) is 2.92. The van der Waals surface area contributed by atoms with Crippen LogP contribution in [0.1, 0.15) is 44.9 Å². The molecule has 1 amide bonds. The number of rotatable bonds is 6. The molecule has 0 saturated heterocycles. The normalized spacial score (nSPS) is 15.7. The minimum Gasteiger partial charge on any atom is -0.494 e. The predicted molar refractivity (Wildman–Crippen MR) is 85.8 cm³/mol. The van der Waals surface area contributed by atoms with E-state index in [0.717, 1.165) is 25.0 Å². The molecule has 1 aliphatic rings. The molecular formula is C17H24ClNO2. The van der Waals surface area contributed by atoms with Gasteiger partial charge in [-0.25, -0.2) is 0 Å². The maximum Gasteiger partial charge on any atom is 0.222 e. The van der Waals surface area contributed by atoms with Gasteiger partial charge in [-0.3, -0.25) is 4.79 Å². The van der Waals surface area contributed by atoms with Gasteiger partial charge in [0.15, 0.2) is 0 Å². The van der Waals surface area contributed by atoms with Crippen molar-refractivity contribution in [3.63, 3.8) is 0 Å². The number of carbonyl (C=O) groups excluding carboxylic acids is 1. The lowest BCUT2D eigenvalue weighted by Crippen LogP contribution is -2.38. The Labute approximate surface area is 132 Å². The molecule has 1 aromatic carbocycles. The monoisotopic (exact) mass is 309 g/mol. The van der Waals surface area contributed by atoms with E-state index in [1.807, 2.05) is 24.1 Å². The third-order valence-electron chi connectivity index (χ3n) is 4.13. The molecule has 1 aromatic rings. The van der Waals surface area contributed by atoms with Crippen LogP contribution in [0.4, 0.5) is 0 Å². The van der Waals surface area contributed by atoms with E-state index in [1.54, 1.807) is 12.1 Å². The lowest BCUT2D eigenvalue weighted by molar-refractivity contribution is -0.132. The van der Waals surface area contributed by atoms with Gasteiger partial charge in [0.2, 0.25) is 5.91 Å². The Morgan fingerprint density at radius 2 is 1.90 bits per heavy atom. The van der Waals surface area contributed by atoms with Gasteiger partial charge in [0.05, 0.1) is 6.61 Å². The molecule has 1 aliphatic carbocycles. The molecule has 116 valence electrons. The van der Waals surface area contributed by atoms with E-state index in [-0.39, 0.29) is 5.91 Å². The molecule has 4 heteroatoms. The van der Waals surface area contributed by atoms with Gasteiger partial charge in [-0.2, -0.15) is 0 Å². The molecule has 0 radical (unpaired) electrons. The molecule has 0 heterocycles. The van der Waals surface area contributed by atoms with Crippen LogP contribution in [0.25, 0.3) is 0 Å². The Hall–Kier alpha value is -1.22. The van der Waals surface area contributed by atoms with Crippen molar-refractivity contribution in [1.82, 2.24) is 4.90 Å². The summed E-state index contributed by atoms with van der Waals surface area (Å²) in [5, 5.41) is 0.701. The second kappa shape index (κ2) is 8.28. The molecule has 3 nitrogen and oxygen atoms in total. The van der Waals surface area contributed by atoms with Crippen LogP contribution < -0.4 is 4.74 Å². The van der Waals surface area contributed by atoms with Gasteiger partial charge < -0.3 is 9.64 Å². The lowest BCUT2D eigenvalue weighted by atomic mass is 9.94. The highest BCUT2D eigenvalue weighted by Gasteiger charge is 2.21. The summed E-state index contributed by atoms with van der Waals surface area (Å²) in [6, 6.07) is 7.75. The van der Waals surface area contributed by atoms with E-state index in [2.05, 4.69) is 0 Å². The van der Waals surface area contributed by atoms with Crippen molar-refractivity contribution >= 4 is 17.5 Å². The molecule has 1 saturated carbocycles. The molecule has 2 rings (SSSR count). The summed E-state index contributed by atoms with van der Waals surface area (Å²) >= 11 is 5.82. The highest BCUT2D eigenvalue weighted by molar-refractivity contribution is 6.30. The van der Waals surface area contributed by atoms with Crippen LogP contribution in [0.2, 0.25) is 5.02 Å². The van der Waals surface area contributed by atoms with Crippen molar-refractivity contribution in [2.45, 2.75) is 51.0 Å². The fourth-order valence-electron chi connectivity index (χ4n) is 2.79. The van der Waals surface area contributed by atoms with Gasteiger partial charge in [-0.05, 0) is 43.5 Å². The van der Waals surface area contributed by atoms with Crippen LogP contribution in [-0.2, 0) is 4.79 Å². The minimum atomic E-state index is 0.238. The molecule has 0 aromatic heterocycles. The largest absolute Gasteiger partial charge is 0.494 e. The Morgan fingerprint density at radius 1 is 1.24 bits per heavy atom. The molecule has 0 spiro atoms. The first-order valence-corrected chi connectivity index (χ1v) is 8.18. The summed E-state index contributed by atoms with van der Waals surface area (Å²) < 4.78 is 5.61. The van der Waals surface area contributed by atoms with Crippen molar-refractivity contribution in [3.8, 4) is 5.75 Å². The summed E-state index contributed by atoms with van der Waals surface area (Å²) in [5.74, 6) is 1.04. The predicted octanol–water partition coefficient (Wildman–Crippen LogP) is 4.29. The van der Waals surface area contributed by atoms with Gasteiger partial charge in [0.1, 0.15) is 5.75 Å². The molecule has 0 atom stereocenters. The Morgan fingerprint density at radius 3 is 2.57 bits per heavy atom. The summed E-state index contributed by atoms with van der Waals surface area (Å²) in [5.41, 5.74) is 0. The van der Waals surface area contributed by atoms with Crippen molar-refractivity contribution in [3.05, 3.63) is 29.3 Å². The second-order valence-electron chi connectivity index (χ2n) is 5.70. The molecule has 0 N–H and O–H groups in total.